The Kier molecular flexibility index (Phi) is 3.63. The minimum Gasteiger partial charge on any atom is -0.399 e. The maximum absolute atomic E-state index is 12.2. The molecule has 0 amide bonds. The number of nitrogens with one attached hydrogen (secondary N) is 1. The molecule has 6 heteroatoms. The van der Waals surface area contributed by atoms with Crippen molar-refractivity contribution < 1.29 is 8.42 Å². The number of hydrogen-bond acceptors (Lipinski definition) is 4. The number of nitriles is 1. The number of rotatable bonds is 3. The molecule has 0 saturated heterocycles. The van der Waals surface area contributed by atoms with Crippen LogP contribution in [-0.4, -0.2) is 8.42 Å². The lowest BCUT2D eigenvalue weighted by Crippen LogP contribution is -2.14. The number of hydrogen-bond donors (Lipinski definition) is 2. The van der Waals surface area contributed by atoms with E-state index in [1.165, 1.54) is 24.3 Å². The predicted molar refractivity (Wildman–Crippen MR) is 77.6 cm³/mol. The summed E-state index contributed by atoms with van der Waals surface area (Å²) in [4.78, 5) is 0.0945. The van der Waals surface area contributed by atoms with Gasteiger partial charge in [-0.15, -0.1) is 0 Å². The highest BCUT2D eigenvalue weighted by molar-refractivity contribution is 7.92. The summed E-state index contributed by atoms with van der Waals surface area (Å²) in [6.45, 7) is 1.75. The Morgan fingerprint density at radius 2 is 1.80 bits per heavy atom. The Balaban J connectivity index is 2.42. The molecule has 2 aromatic carbocycles. The highest BCUT2D eigenvalue weighted by Gasteiger charge is 2.16. The number of aryl methyl sites for hydroxylation is 1. The number of nitrogen functional groups attached to an aromatic ring is 1. The first-order chi connectivity index (χ1) is 9.44. The lowest BCUT2D eigenvalue weighted by molar-refractivity contribution is 0.601. The topological polar surface area (TPSA) is 96.0 Å². The van der Waals surface area contributed by atoms with E-state index in [0.717, 1.165) is 0 Å². The van der Waals surface area contributed by atoms with Crippen molar-refractivity contribution in [3.05, 3.63) is 53.6 Å². The first-order valence-electron chi connectivity index (χ1n) is 5.82. The van der Waals surface area contributed by atoms with E-state index in [-0.39, 0.29) is 10.6 Å². The fourth-order valence-corrected chi connectivity index (χ4v) is 2.82. The van der Waals surface area contributed by atoms with Crippen LogP contribution >= 0.6 is 0 Å². The molecule has 20 heavy (non-hydrogen) atoms. The van der Waals surface area contributed by atoms with Crippen molar-refractivity contribution in [3.8, 4) is 6.07 Å². The van der Waals surface area contributed by atoms with Crippen LogP contribution in [0.2, 0.25) is 0 Å². The van der Waals surface area contributed by atoms with Crippen molar-refractivity contribution in [2.75, 3.05) is 10.5 Å². The van der Waals surface area contributed by atoms with E-state index in [1.807, 2.05) is 6.07 Å². The zero-order valence-electron chi connectivity index (χ0n) is 10.8. The lowest BCUT2D eigenvalue weighted by Gasteiger charge is -2.10. The zero-order chi connectivity index (χ0) is 14.8. The van der Waals surface area contributed by atoms with Gasteiger partial charge in [-0.2, -0.15) is 5.26 Å². The first-order valence-corrected chi connectivity index (χ1v) is 7.30. The van der Waals surface area contributed by atoms with Gasteiger partial charge in [0.05, 0.1) is 16.1 Å². The lowest BCUT2D eigenvalue weighted by atomic mass is 10.1. The highest BCUT2D eigenvalue weighted by Crippen LogP contribution is 2.22. The van der Waals surface area contributed by atoms with Crippen molar-refractivity contribution in [1.29, 1.82) is 5.26 Å². The second-order valence-electron chi connectivity index (χ2n) is 4.28. The van der Waals surface area contributed by atoms with Crippen molar-refractivity contribution in [2.24, 2.45) is 0 Å². The summed E-state index contributed by atoms with van der Waals surface area (Å²) in [6.07, 6.45) is 0. The van der Waals surface area contributed by atoms with E-state index >= 15 is 0 Å². The van der Waals surface area contributed by atoms with Gasteiger partial charge in [-0.05, 0) is 42.8 Å². The molecule has 2 aromatic rings. The number of nitrogens with two attached hydrogens (primary N) is 1. The standard InChI is InChI=1S/C14H13N3O2S/c1-10-3-2-4-14(13(10)9-15)17-20(18,19)12-7-5-11(16)6-8-12/h2-8,17H,16H2,1H3. The van der Waals surface area contributed by atoms with Gasteiger partial charge in [0.15, 0.2) is 0 Å². The van der Waals surface area contributed by atoms with Crippen LogP contribution in [0.15, 0.2) is 47.4 Å². The smallest absolute Gasteiger partial charge is 0.261 e. The fourth-order valence-electron chi connectivity index (χ4n) is 1.75. The van der Waals surface area contributed by atoms with Gasteiger partial charge in [-0.3, -0.25) is 4.72 Å². The van der Waals surface area contributed by atoms with Gasteiger partial charge in [0, 0.05) is 5.69 Å². The molecule has 0 aromatic heterocycles. The summed E-state index contributed by atoms with van der Waals surface area (Å²) in [5.41, 5.74) is 7.31. The van der Waals surface area contributed by atoms with Gasteiger partial charge in [-0.1, -0.05) is 12.1 Å². The van der Waals surface area contributed by atoms with Gasteiger partial charge in [0.25, 0.3) is 10.0 Å². The molecule has 0 aliphatic carbocycles. The van der Waals surface area contributed by atoms with E-state index in [1.54, 1.807) is 25.1 Å². The van der Waals surface area contributed by atoms with Gasteiger partial charge in [-0.25, -0.2) is 8.42 Å². The van der Waals surface area contributed by atoms with Gasteiger partial charge in [0.2, 0.25) is 0 Å². The minimum absolute atomic E-state index is 0.0945. The predicted octanol–water partition coefficient (Wildman–Crippen LogP) is 2.25. The molecule has 0 unspecified atom stereocenters. The second kappa shape index (κ2) is 5.23. The number of benzene rings is 2. The molecule has 0 radical (unpaired) electrons. The van der Waals surface area contributed by atoms with E-state index in [0.29, 0.717) is 16.8 Å². The van der Waals surface area contributed by atoms with Crippen molar-refractivity contribution in [2.45, 2.75) is 11.8 Å². The van der Waals surface area contributed by atoms with Crippen LogP contribution in [0.1, 0.15) is 11.1 Å². The molecular weight excluding hydrogens is 274 g/mol. The van der Waals surface area contributed by atoms with Crippen LogP contribution in [0, 0.1) is 18.3 Å². The molecule has 0 aliphatic rings. The average molecular weight is 287 g/mol. The summed E-state index contributed by atoms with van der Waals surface area (Å²) in [6, 6.07) is 12.8. The van der Waals surface area contributed by atoms with E-state index in [9.17, 15) is 8.42 Å². The summed E-state index contributed by atoms with van der Waals surface area (Å²) in [5, 5.41) is 9.10. The Labute approximate surface area is 117 Å². The maximum Gasteiger partial charge on any atom is 0.261 e. The third kappa shape index (κ3) is 2.73. The van der Waals surface area contributed by atoms with Crippen molar-refractivity contribution in [1.82, 2.24) is 0 Å². The van der Waals surface area contributed by atoms with E-state index in [4.69, 9.17) is 11.0 Å². The molecule has 0 bridgehead atoms. The molecule has 0 heterocycles. The first kappa shape index (κ1) is 13.9. The zero-order valence-corrected chi connectivity index (χ0v) is 11.6. The van der Waals surface area contributed by atoms with Gasteiger partial charge >= 0.3 is 0 Å². The molecule has 0 spiro atoms. The van der Waals surface area contributed by atoms with Crippen LogP contribution in [0.5, 0.6) is 0 Å². The summed E-state index contributed by atoms with van der Waals surface area (Å²) in [7, 11) is -3.74. The molecule has 0 fully saturated rings. The molecule has 0 aliphatic heterocycles. The van der Waals surface area contributed by atoms with Gasteiger partial charge < -0.3 is 5.73 Å². The number of sulfonamides is 1. The molecule has 2 rings (SSSR count). The quantitative estimate of drug-likeness (QED) is 0.846. The average Bonchev–Trinajstić information content (AvgIpc) is 2.39. The van der Waals surface area contributed by atoms with E-state index in [2.05, 4.69) is 4.72 Å². The molecular formula is C14H13N3O2S. The van der Waals surface area contributed by atoms with Crippen LogP contribution in [0.25, 0.3) is 0 Å². The monoisotopic (exact) mass is 287 g/mol. The van der Waals surface area contributed by atoms with Crippen LogP contribution in [0.3, 0.4) is 0 Å². The maximum atomic E-state index is 12.2. The Hall–Kier alpha value is -2.52. The Bertz CT molecular complexity index is 775. The summed E-state index contributed by atoms with van der Waals surface area (Å²) in [5.74, 6) is 0. The van der Waals surface area contributed by atoms with E-state index < -0.39 is 10.0 Å². The largest absolute Gasteiger partial charge is 0.399 e. The van der Waals surface area contributed by atoms with Crippen molar-refractivity contribution in [3.63, 3.8) is 0 Å². The SMILES string of the molecule is Cc1cccc(NS(=O)(=O)c2ccc(N)cc2)c1C#N. The highest BCUT2D eigenvalue weighted by atomic mass is 32.2. The van der Waals surface area contributed by atoms with Crippen molar-refractivity contribution >= 4 is 21.4 Å². The summed E-state index contributed by atoms with van der Waals surface area (Å²) >= 11 is 0. The van der Waals surface area contributed by atoms with Crippen LogP contribution in [-0.2, 0) is 10.0 Å². The molecule has 102 valence electrons. The Morgan fingerprint density at radius 3 is 2.40 bits per heavy atom. The Morgan fingerprint density at radius 1 is 1.15 bits per heavy atom. The molecule has 0 saturated carbocycles. The molecule has 3 N–H and O–H groups in total. The second-order valence-corrected chi connectivity index (χ2v) is 5.97. The normalized spacial score (nSPS) is 10.8. The van der Waals surface area contributed by atoms with Crippen LogP contribution in [0.4, 0.5) is 11.4 Å². The summed E-state index contributed by atoms with van der Waals surface area (Å²) < 4.78 is 26.9. The van der Waals surface area contributed by atoms with Gasteiger partial charge in [0.1, 0.15) is 6.07 Å². The number of anilines is 2. The molecule has 5 nitrogen and oxygen atoms in total. The van der Waals surface area contributed by atoms with Crippen LogP contribution < -0.4 is 10.5 Å². The third-order valence-corrected chi connectivity index (χ3v) is 4.20. The minimum atomic E-state index is -3.74. The fraction of sp³-hybridized carbons (Fsp3) is 0.0714. The third-order valence-electron chi connectivity index (χ3n) is 2.82. The molecule has 0 atom stereocenters. The number of nitrogens with zero attached hydrogens (tertiary/aromatic N) is 1.